The van der Waals surface area contributed by atoms with Gasteiger partial charge in [-0.2, -0.15) is 0 Å². The van der Waals surface area contributed by atoms with Crippen LogP contribution < -0.4 is 10.2 Å². The first-order valence-electron chi connectivity index (χ1n) is 8.19. The highest BCUT2D eigenvalue weighted by molar-refractivity contribution is 6.28. The van der Waals surface area contributed by atoms with Crippen LogP contribution in [0.2, 0.25) is 0 Å². The van der Waals surface area contributed by atoms with Gasteiger partial charge in [-0.15, -0.1) is 0 Å². The fraction of sp³-hybridized carbons (Fsp3) is 0.100. The minimum Gasteiger partial charge on any atom is -0.347 e. The number of nitrogens with zero attached hydrogens (tertiary/aromatic N) is 2. The van der Waals surface area contributed by atoms with Crippen LogP contribution in [-0.2, 0) is 11.3 Å². The van der Waals surface area contributed by atoms with Crippen molar-refractivity contribution in [2.24, 2.45) is 0 Å². The standard InChI is InChI=1S/C20H17N3O2/c1-2-22-13-14(16-10-6-7-11-18(16)22)12-17-19(24)23(20(25)21-17)15-8-4-3-5-9-15/h3-13H,2H2,1H3,(H,21,25). The lowest BCUT2D eigenvalue weighted by molar-refractivity contribution is -0.113. The number of nitrogens with one attached hydrogen (secondary N) is 1. The van der Waals surface area contributed by atoms with E-state index < -0.39 is 6.03 Å². The normalized spacial score (nSPS) is 16.0. The van der Waals surface area contributed by atoms with Gasteiger partial charge in [-0.1, -0.05) is 36.4 Å². The summed E-state index contributed by atoms with van der Waals surface area (Å²) in [4.78, 5) is 26.1. The van der Waals surface area contributed by atoms with E-state index in [9.17, 15) is 9.59 Å². The van der Waals surface area contributed by atoms with Gasteiger partial charge in [0.05, 0.1) is 5.69 Å². The van der Waals surface area contributed by atoms with Gasteiger partial charge >= 0.3 is 6.03 Å². The van der Waals surface area contributed by atoms with Crippen LogP contribution in [0.3, 0.4) is 0 Å². The molecule has 0 aliphatic carbocycles. The van der Waals surface area contributed by atoms with E-state index in [0.29, 0.717) is 5.69 Å². The molecule has 0 saturated carbocycles. The van der Waals surface area contributed by atoms with Crippen molar-refractivity contribution in [1.29, 1.82) is 0 Å². The molecular weight excluding hydrogens is 314 g/mol. The Morgan fingerprint density at radius 1 is 1.00 bits per heavy atom. The van der Waals surface area contributed by atoms with Gasteiger partial charge in [-0.05, 0) is 31.2 Å². The predicted octanol–water partition coefficient (Wildman–Crippen LogP) is 3.76. The van der Waals surface area contributed by atoms with E-state index in [1.807, 2.05) is 36.5 Å². The quantitative estimate of drug-likeness (QED) is 0.587. The minimum absolute atomic E-state index is 0.285. The summed E-state index contributed by atoms with van der Waals surface area (Å²) in [5.41, 5.74) is 2.86. The average Bonchev–Trinajstić information content (AvgIpc) is 3.13. The average molecular weight is 331 g/mol. The molecule has 0 unspecified atom stereocenters. The molecule has 25 heavy (non-hydrogen) atoms. The number of aromatic nitrogens is 1. The number of fused-ring (bicyclic) bond motifs is 1. The highest BCUT2D eigenvalue weighted by atomic mass is 16.2. The van der Waals surface area contributed by atoms with Crippen molar-refractivity contribution in [2.45, 2.75) is 13.5 Å². The largest absolute Gasteiger partial charge is 0.347 e. The lowest BCUT2D eigenvalue weighted by Gasteiger charge is -2.10. The predicted molar refractivity (Wildman–Crippen MR) is 98.0 cm³/mol. The van der Waals surface area contributed by atoms with Crippen molar-refractivity contribution >= 4 is 34.6 Å². The Morgan fingerprint density at radius 3 is 2.48 bits per heavy atom. The third-order valence-corrected chi connectivity index (χ3v) is 4.35. The monoisotopic (exact) mass is 331 g/mol. The van der Waals surface area contributed by atoms with Crippen LogP contribution in [-0.4, -0.2) is 16.5 Å². The molecule has 1 fully saturated rings. The summed E-state index contributed by atoms with van der Waals surface area (Å²) < 4.78 is 2.12. The first-order chi connectivity index (χ1) is 12.2. The second-order valence-corrected chi connectivity index (χ2v) is 5.85. The summed E-state index contributed by atoms with van der Waals surface area (Å²) in [6.07, 6.45) is 3.75. The van der Waals surface area contributed by atoms with E-state index in [1.54, 1.807) is 30.3 Å². The minimum atomic E-state index is -0.429. The number of hydrogen-bond donors (Lipinski definition) is 1. The van der Waals surface area contributed by atoms with Gasteiger partial charge < -0.3 is 9.88 Å². The summed E-state index contributed by atoms with van der Waals surface area (Å²) in [6, 6.07) is 16.5. The van der Waals surface area contributed by atoms with Crippen molar-refractivity contribution in [3.05, 3.63) is 72.1 Å². The zero-order valence-corrected chi connectivity index (χ0v) is 13.8. The molecule has 0 radical (unpaired) electrons. The number of para-hydroxylation sites is 2. The summed E-state index contributed by atoms with van der Waals surface area (Å²) in [5, 5.41) is 3.73. The number of carbonyl (C=O) groups is 2. The maximum Gasteiger partial charge on any atom is 0.333 e. The molecule has 2 aromatic carbocycles. The van der Waals surface area contributed by atoms with E-state index in [4.69, 9.17) is 0 Å². The molecule has 4 rings (SSSR count). The smallest absolute Gasteiger partial charge is 0.333 e. The fourth-order valence-corrected chi connectivity index (χ4v) is 3.15. The van der Waals surface area contributed by atoms with Crippen LogP contribution in [0.5, 0.6) is 0 Å². The molecular formula is C20H17N3O2. The molecule has 3 amide bonds. The molecule has 0 spiro atoms. The number of benzene rings is 2. The Kier molecular flexibility index (Phi) is 3.61. The van der Waals surface area contributed by atoms with Gasteiger partial charge in [0.15, 0.2) is 0 Å². The van der Waals surface area contributed by atoms with Crippen molar-refractivity contribution < 1.29 is 9.59 Å². The fourth-order valence-electron chi connectivity index (χ4n) is 3.15. The number of amides is 3. The van der Waals surface area contributed by atoms with E-state index in [2.05, 4.69) is 16.8 Å². The molecule has 1 saturated heterocycles. The van der Waals surface area contributed by atoms with Crippen LogP contribution in [0.15, 0.2) is 66.5 Å². The Hall–Kier alpha value is -3.34. The summed E-state index contributed by atoms with van der Waals surface area (Å²) in [6.45, 7) is 2.91. The third kappa shape index (κ3) is 2.50. The Balaban J connectivity index is 1.76. The number of hydrogen-bond acceptors (Lipinski definition) is 2. The van der Waals surface area contributed by atoms with Crippen molar-refractivity contribution in [1.82, 2.24) is 9.88 Å². The van der Waals surface area contributed by atoms with E-state index in [-0.39, 0.29) is 11.6 Å². The van der Waals surface area contributed by atoms with E-state index in [0.717, 1.165) is 27.9 Å². The molecule has 1 aliphatic rings. The highest BCUT2D eigenvalue weighted by Gasteiger charge is 2.34. The van der Waals surface area contributed by atoms with Crippen molar-refractivity contribution in [3.63, 3.8) is 0 Å². The SMILES string of the molecule is CCn1cc(C=C2NC(=O)N(c3ccccc3)C2=O)c2ccccc21. The van der Waals surface area contributed by atoms with Crippen molar-refractivity contribution in [3.8, 4) is 0 Å². The number of carbonyl (C=O) groups excluding carboxylic acids is 2. The maximum absolute atomic E-state index is 12.7. The molecule has 3 aromatic rings. The number of urea groups is 1. The van der Waals surface area contributed by atoms with E-state index in [1.165, 1.54) is 0 Å². The van der Waals surface area contributed by atoms with Crippen molar-refractivity contribution in [2.75, 3.05) is 4.90 Å². The van der Waals surface area contributed by atoms with Crippen LogP contribution >= 0.6 is 0 Å². The van der Waals surface area contributed by atoms with Crippen LogP contribution in [0.25, 0.3) is 17.0 Å². The van der Waals surface area contributed by atoms with Crippen LogP contribution in [0, 0.1) is 0 Å². The molecule has 1 N–H and O–H groups in total. The molecule has 124 valence electrons. The lowest BCUT2D eigenvalue weighted by Crippen LogP contribution is -2.30. The first-order valence-corrected chi connectivity index (χ1v) is 8.19. The maximum atomic E-state index is 12.7. The van der Waals surface area contributed by atoms with Gasteiger partial charge in [-0.3, -0.25) is 4.79 Å². The Labute approximate surface area is 145 Å². The van der Waals surface area contributed by atoms with Gasteiger partial charge in [0.1, 0.15) is 5.70 Å². The highest BCUT2D eigenvalue weighted by Crippen LogP contribution is 2.26. The second kappa shape index (κ2) is 5.94. The molecule has 2 heterocycles. The van der Waals surface area contributed by atoms with E-state index >= 15 is 0 Å². The molecule has 1 aliphatic heterocycles. The van der Waals surface area contributed by atoms with Crippen LogP contribution in [0.4, 0.5) is 10.5 Å². The number of imide groups is 1. The first kappa shape index (κ1) is 15.2. The molecule has 1 aromatic heterocycles. The van der Waals surface area contributed by atoms with Gasteiger partial charge in [-0.25, -0.2) is 9.69 Å². The molecule has 0 bridgehead atoms. The second-order valence-electron chi connectivity index (χ2n) is 5.85. The number of rotatable bonds is 3. The number of anilines is 1. The Bertz CT molecular complexity index is 1000. The topological polar surface area (TPSA) is 54.3 Å². The lowest BCUT2D eigenvalue weighted by atomic mass is 10.1. The summed E-state index contributed by atoms with van der Waals surface area (Å²) in [7, 11) is 0. The number of aryl methyl sites for hydroxylation is 1. The van der Waals surface area contributed by atoms with Gasteiger partial charge in [0, 0.05) is 29.2 Å². The Morgan fingerprint density at radius 2 is 1.72 bits per heavy atom. The molecule has 0 atom stereocenters. The molecule has 5 heteroatoms. The van der Waals surface area contributed by atoms with Gasteiger partial charge in [0.25, 0.3) is 5.91 Å². The van der Waals surface area contributed by atoms with Crippen LogP contribution in [0.1, 0.15) is 12.5 Å². The zero-order chi connectivity index (χ0) is 17.4. The van der Waals surface area contributed by atoms with Gasteiger partial charge in [0.2, 0.25) is 0 Å². The zero-order valence-electron chi connectivity index (χ0n) is 13.8. The summed E-state index contributed by atoms with van der Waals surface area (Å²) >= 11 is 0. The third-order valence-electron chi connectivity index (χ3n) is 4.35. The molecule has 5 nitrogen and oxygen atoms in total. The summed E-state index contributed by atoms with van der Waals surface area (Å²) in [5.74, 6) is -0.343.